The number of benzene rings is 1. The monoisotopic (exact) mass is 303 g/mol. The van der Waals surface area contributed by atoms with Crippen LogP contribution in [0, 0.1) is 11.3 Å². The molecule has 0 heterocycles. The summed E-state index contributed by atoms with van der Waals surface area (Å²) in [6, 6.07) is 6.47. The molecule has 3 N–H and O–H groups in total. The van der Waals surface area contributed by atoms with Crippen LogP contribution >= 0.6 is 0 Å². The molecule has 0 fully saturated rings. The zero-order valence-corrected chi connectivity index (χ0v) is 13.2. The Hall–Kier alpha value is -2.59. The summed E-state index contributed by atoms with van der Waals surface area (Å²) in [7, 11) is 3.66. The van der Waals surface area contributed by atoms with Gasteiger partial charge in [-0.25, -0.2) is 9.79 Å². The van der Waals surface area contributed by atoms with Gasteiger partial charge in [-0.05, 0) is 32.0 Å². The Kier molecular flexibility index (Phi) is 5.90. The van der Waals surface area contributed by atoms with E-state index in [9.17, 15) is 4.79 Å². The molecule has 0 saturated heterocycles. The normalized spacial score (nSPS) is 11.1. The van der Waals surface area contributed by atoms with Crippen LogP contribution in [0.5, 0.6) is 0 Å². The Bertz CT molecular complexity index is 602. The van der Waals surface area contributed by atoms with Gasteiger partial charge in [0.1, 0.15) is 6.07 Å². The minimum Gasteiger partial charge on any atom is -0.394 e. The first-order valence-electron chi connectivity index (χ1n) is 6.72. The summed E-state index contributed by atoms with van der Waals surface area (Å²) in [5.41, 5.74) is 0.639. The second kappa shape index (κ2) is 7.43. The third-order valence-corrected chi connectivity index (χ3v) is 2.65. The molecule has 118 valence electrons. The van der Waals surface area contributed by atoms with Crippen LogP contribution < -0.4 is 10.6 Å². The highest BCUT2D eigenvalue weighted by atomic mass is 16.3. The molecule has 0 aliphatic heterocycles. The van der Waals surface area contributed by atoms with E-state index in [1.54, 1.807) is 43.3 Å². The molecular weight excluding hydrogens is 282 g/mol. The number of hydrogen-bond acceptors (Lipinski definition) is 4. The van der Waals surface area contributed by atoms with Crippen LogP contribution in [-0.2, 0) is 0 Å². The maximum Gasteiger partial charge on any atom is 0.319 e. The fourth-order valence-electron chi connectivity index (χ4n) is 1.50. The second-order valence-electron chi connectivity index (χ2n) is 5.67. The van der Waals surface area contributed by atoms with Crippen molar-refractivity contribution in [3.05, 3.63) is 23.8 Å². The number of aliphatic hydroxyl groups is 1. The number of nitrogens with one attached hydrogen (secondary N) is 2. The summed E-state index contributed by atoms with van der Waals surface area (Å²) < 4.78 is 0. The number of urea groups is 1. The molecule has 0 spiro atoms. The molecule has 0 unspecified atom stereocenters. The van der Waals surface area contributed by atoms with Crippen molar-refractivity contribution in [1.82, 2.24) is 10.2 Å². The molecule has 1 rings (SSSR count). The van der Waals surface area contributed by atoms with Crippen molar-refractivity contribution in [2.45, 2.75) is 19.4 Å². The maximum absolute atomic E-state index is 11.8. The van der Waals surface area contributed by atoms with E-state index < -0.39 is 11.6 Å². The molecule has 0 aliphatic rings. The maximum atomic E-state index is 11.8. The summed E-state index contributed by atoms with van der Waals surface area (Å²) in [4.78, 5) is 17.8. The molecule has 0 saturated carbocycles. The number of anilines is 1. The van der Waals surface area contributed by atoms with E-state index in [-0.39, 0.29) is 6.61 Å². The first-order valence-corrected chi connectivity index (χ1v) is 6.72. The van der Waals surface area contributed by atoms with Gasteiger partial charge >= 0.3 is 6.03 Å². The lowest BCUT2D eigenvalue weighted by molar-refractivity contribution is 0.187. The Morgan fingerprint density at radius 2 is 2.18 bits per heavy atom. The molecule has 7 nitrogen and oxygen atoms in total. The van der Waals surface area contributed by atoms with Crippen molar-refractivity contribution in [2.75, 3.05) is 26.0 Å². The zero-order valence-electron chi connectivity index (χ0n) is 13.2. The van der Waals surface area contributed by atoms with Crippen LogP contribution in [0.1, 0.15) is 19.4 Å². The van der Waals surface area contributed by atoms with Gasteiger partial charge in [0.15, 0.2) is 0 Å². The highest BCUT2D eigenvalue weighted by Gasteiger charge is 2.19. The van der Waals surface area contributed by atoms with Crippen molar-refractivity contribution < 1.29 is 9.90 Å². The smallest absolute Gasteiger partial charge is 0.319 e. The topological polar surface area (TPSA) is 101 Å². The summed E-state index contributed by atoms with van der Waals surface area (Å²) in [5.74, 6) is 0. The number of carbonyl (C=O) groups is 1. The van der Waals surface area contributed by atoms with Crippen molar-refractivity contribution in [3.63, 3.8) is 0 Å². The van der Waals surface area contributed by atoms with Crippen LogP contribution in [0.2, 0.25) is 0 Å². The first-order chi connectivity index (χ1) is 10.3. The van der Waals surface area contributed by atoms with E-state index in [1.165, 1.54) is 0 Å². The van der Waals surface area contributed by atoms with E-state index in [2.05, 4.69) is 15.6 Å². The van der Waals surface area contributed by atoms with Crippen LogP contribution in [0.15, 0.2) is 23.2 Å². The molecule has 0 aliphatic carbocycles. The molecule has 2 amide bonds. The summed E-state index contributed by atoms with van der Waals surface area (Å²) in [6.07, 6.45) is 1.60. The number of hydrogen-bond donors (Lipinski definition) is 3. The van der Waals surface area contributed by atoms with Crippen molar-refractivity contribution in [2.24, 2.45) is 4.99 Å². The van der Waals surface area contributed by atoms with Gasteiger partial charge in [0.05, 0.1) is 29.7 Å². The average Bonchev–Trinajstić information content (AvgIpc) is 2.44. The first kappa shape index (κ1) is 17.5. The van der Waals surface area contributed by atoms with E-state index >= 15 is 0 Å². The minimum absolute atomic E-state index is 0.179. The molecule has 1 aromatic rings. The summed E-state index contributed by atoms with van der Waals surface area (Å²) in [5, 5.41) is 23.5. The quantitative estimate of drug-likeness (QED) is 0.569. The Balaban J connectivity index is 2.86. The van der Waals surface area contributed by atoms with Gasteiger partial charge in [-0.15, -0.1) is 0 Å². The zero-order chi connectivity index (χ0) is 16.8. The standard InChI is InChI=1S/C15H21N5O2/c1-15(2,9-21)19-14(22)18-12-5-6-13(11(7-12)8-16)17-10-20(3)4/h5-7,10,21H,9H2,1-4H3,(H2,18,19,22). The van der Waals surface area contributed by atoms with E-state index in [0.29, 0.717) is 16.9 Å². The number of amides is 2. The van der Waals surface area contributed by atoms with Gasteiger partial charge in [0.2, 0.25) is 0 Å². The largest absolute Gasteiger partial charge is 0.394 e. The van der Waals surface area contributed by atoms with E-state index in [4.69, 9.17) is 10.4 Å². The van der Waals surface area contributed by atoms with Gasteiger partial charge in [0.25, 0.3) is 0 Å². The molecule has 0 aromatic heterocycles. The van der Waals surface area contributed by atoms with Crippen molar-refractivity contribution >= 4 is 23.7 Å². The molecule has 0 radical (unpaired) electrons. The highest BCUT2D eigenvalue weighted by Crippen LogP contribution is 2.22. The number of nitrogens with zero attached hydrogens (tertiary/aromatic N) is 3. The Labute approximate surface area is 130 Å². The van der Waals surface area contributed by atoms with E-state index in [0.717, 1.165) is 0 Å². The molecule has 22 heavy (non-hydrogen) atoms. The van der Waals surface area contributed by atoms with Gasteiger partial charge in [-0.1, -0.05) is 0 Å². The Morgan fingerprint density at radius 1 is 1.50 bits per heavy atom. The second-order valence-corrected chi connectivity index (χ2v) is 5.67. The number of rotatable bonds is 5. The van der Waals surface area contributed by atoms with Crippen LogP contribution in [0.4, 0.5) is 16.2 Å². The summed E-state index contributed by atoms with van der Waals surface area (Å²) >= 11 is 0. The SMILES string of the molecule is CN(C)C=Nc1ccc(NC(=O)NC(C)(C)CO)cc1C#N. The van der Waals surface area contributed by atoms with Gasteiger partial charge in [-0.2, -0.15) is 5.26 Å². The number of carbonyl (C=O) groups excluding carboxylic acids is 1. The Morgan fingerprint density at radius 3 is 2.73 bits per heavy atom. The fraction of sp³-hybridized carbons (Fsp3) is 0.400. The predicted molar refractivity (Wildman–Crippen MR) is 86.3 cm³/mol. The molecular formula is C15H21N5O2. The fourth-order valence-corrected chi connectivity index (χ4v) is 1.50. The molecule has 1 aromatic carbocycles. The summed E-state index contributed by atoms with van der Waals surface area (Å²) in [6.45, 7) is 3.22. The number of nitriles is 1. The third kappa shape index (κ3) is 5.42. The lowest BCUT2D eigenvalue weighted by atomic mass is 10.1. The highest BCUT2D eigenvalue weighted by molar-refractivity contribution is 5.90. The van der Waals surface area contributed by atoms with E-state index in [1.807, 2.05) is 20.2 Å². The predicted octanol–water partition coefficient (Wildman–Crippen LogP) is 1.67. The van der Waals surface area contributed by atoms with Crippen molar-refractivity contribution in [3.8, 4) is 6.07 Å². The van der Waals surface area contributed by atoms with Crippen molar-refractivity contribution in [1.29, 1.82) is 5.26 Å². The van der Waals surface area contributed by atoms with Crippen LogP contribution in [-0.4, -0.2) is 48.6 Å². The van der Waals surface area contributed by atoms with Gasteiger partial charge < -0.3 is 20.6 Å². The molecule has 0 atom stereocenters. The minimum atomic E-state index is -0.724. The number of aliphatic hydroxyl groups excluding tert-OH is 1. The lowest BCUT2D eigenvalue weighted by Crippen LogP contribution is -2.48. The number of aliphatic imine (C=N–C) groups is 1. The third-order valence-electron chi connectivity index (χ3n) is 2.65. The van der Waals surface area contributed by atoms with Crippen LogP contribution in [0.25, 0.3) is 0 Å². The van der Waals surface area contributed by atoms with Gasteiger partial charge in [-0.3, -0.25) is 0 Å². The average molecular weight is 303 g/mol. The lowest BCUT2D eigenvalue weighted by Gasteiger charge is -2.23. The van der Waals surface area contributed by atoms with Crippen LogP contribution in [0.3, 0.4) is 0 Å². The van der Waals surface area contributed by atoms with Gasteiger partial charge in [0, 0.05) is 19.8 Å². The molecule has 7 heteroatoms. The molecule has 0 bridgehead atoms.